The second-order valence-electron chi connectivity index (χ2n) is 9.31. The van der Waals surface area contributed by atoms with Gasteiger partial charge < -0.3 is 4.74 Å². The first-order valence-corrected chi connectivity index (χ1v) is 11.3. The quantitative estimate of drug-likeness (QED) is 0.403. The molecule has 0 bridgehead atoms. The van der Waals surface area contributed by atoms with Gasteiger partial charge >= 0.3 is 5.97 Å². The number of fused-ring (bicyclic) bond motifs is 1. The van der Waals surface area contributed by atoms with Gasteiger partial charge in [0.15, 0.2) is 0 Å². The Balaban J connectivity index is 1.70. The van der Waals surface area contributed by atoms with E-state index in [1.54, 1.807) is 7.11 Å². The van der Waals surface area contributed by atoms with Crippen molar-refractivity contribution in [1.29, 1.82) is 0 Å². The van der Waals surface area contributed by atoms with E-state index in [-0.39, 0.29) is 11.9 Å². The van der Waals surface area contributed by atoms with Crippen LogP contribution in [-0.2, 0) is 9.53 Å². The number of carbonyl (C=O) groups is 1. The molecule has 1 unspecified atom stereocenters. The van der Waals surface area contributed by atoms with E-state index < -0.39 is 0 Å². The summed E-state index contributed by atoms with van der Waals surface area (Å²) < 4.78 is 5.00. The minimum absolute atomic E-state index is 0.0373. The Labute approximate surface area is 155 Å². The maximum Gasteiger partial charge on any atom is 0.308 e. The molecule has 3 fully saturated rings. The topological polar surface area (TPSA) is 26.3 Å². The Morgan fingerprint density at radius 3 is 2.44 bits per heavy atom. The average molecular weight is 349 g/mol. The summed E-state index contributed by atoms with van der Waals surface area (Å²) in [7, 11) is 1.55. The molecule has 0 heterocycles. The zero-order chi connectivity index (χ0) is 17.7. The van der Waals surface area contributed by atoms with Crippen LogP contribution >= 0.6 is 0 Å². The van der Waals surface area contributed by atoms with Crippen molar-refractivity contribution in [3.8, 4) is 0 Å². The van der Waals surface area contributed by atoms with E-state index in [4.69, 9.17) is 4.74 Å². The highest BCUT2D eigenvalue weighted by Crippen LogP contribution is 2.60. The number of esters is 1. The van der Waals surface area contributed by atoms with Crippen LogP contribution in [0.3, 0.4) is 0 Å². The molecule has 3 aliphatic rings. The van der Waals surface area contributed by atoms with Gasteiger partial charge in [-0.05, 0) is 81.0 Å². The number of hydrogen-bond acceptors (Lipinski definition) is 2. The summed E-state index contributed by atoms with van der Waals surface area (Å²) in [6, 6.07) is 0. The summed E-state index contributed by atoms with van der Waals surface area (Å²) in [5.74, 6) is 3.05. The van der Waals surface area contributed by atoms with Crippen LogP contribution in [0, 0.1) is 29.1 Å². The highest BCUT2D eigenvalue weighted by molar-refractivity contribution is 5.72. The first kappa shape index (κ1) is 19.2. The summed E-state index contributed by atoms with van der Waals surface area (Å²) in [4.78, 5) is 11.9. The van der Waals surface area contributed by atoms with Crippen molar-refractivity contribution >= 4 is 5.97 Å². The van der Waals surface area contributed by atoms with Crippen LogP contribution in [0.25, 0.3) is 0 Å². The molecule has 3 aliphatic carbocycles. The Hall–Kier alpha value is -0.530. The molecule has 0 radical (unpaired) electrons. The molecule has 25 heavy (non-hydrogen) atoms. The SMILES string of the molecule is CCCCC[C@]12CCCC[C@@H]1CCCC2C1CCC(C(=O)OC)CC1. The van der Waals surface area contributed by atoms with Crippen molar-refractivity contribution in [2.75, 3.05) is 7.11 Å². The fourth-order valence-corrected chi connectivity index (χ4v) is 6.98. The Morgan fingerprint density at radius 1 is 0.960 bits per heavy atom. The van der Waals surface area contributed by atoms with Crippen molar-refractivity contribution in [2.45, 2.75) is 103 Å². The van der Waals surface area contributed by atoms with Gasteiger partial charge in [0.1, 0.15) is 0 Å². The van der Waals surface area contributed by atoms with Gasteiger partial charge in [0.25, 0.3) is 0 Å². The molecule has 3 saturated carbocycles. The van der Waals surface area contributed by atoms with Gasteiger partial charge in [-0.2, -0.15) is 0 Å². The second-order valence-corrected chi connectivity index (χ2v) is 9.31. The first-order chi connectivity index (χ1) is 12.2. The van der Waals surface area contributed by atoms with E-state index in [1.165, 1.54) is 83.5 Å². The van der Waals surface area contributed by atoms with Gasteiger partial charge in [0.05, 0.1) is 13.0 Å². The third kappa shape index (κ3) is 4.08. The molecule has 0 aromatic carbocycles. The number of methoxy groups -OCH3 is 1. The fraction of sp³-hybridized carbons (Fsp3) is 0.957. The van der Waals surface area contributed by atoms with Crippen molar-refractivity contribution in [3.05, 3.63) is 0 Å². The van der Waals surface area contributed by atoms with Crippen LogP contribution in [0.4, 0.5) is 0 Å². The number of ether oxygens (including phenoxy) is 1. The van der Waals surface area contributed by atoms with Gasteiger partial charge in [0, 0.05) is 0 Å². The number of hydrogen-bond donors (Lipinski definition) is 0. The number of carbonyl (C=O) groups excluding carboxylic acids is 1. The maximum absolute atomic E-state index is 11.9. The van der Waals surface area contributed by atoms with E-state index >= 15 is 0 Å². The smallest absolute Gasteiger partial charge is 0.308 e. The standard InChI is InChI=1S/C23H40O2/c1-3-4-6-16-23-17-7-5-9-20(23)10-8-11-21(23)18-12-14-19(15-13-18)22(24)25-2/h18-21H,3-17H2,1-2H3/t18?,19?,20-,21?,23+/m1/s1. The maximum atomic E-state index is 11.9. The molecule has 0 N–H and O–H groups in total. The lowest BCUT2D eigenvalue weighted by molar-refractivity contribution is -0.147. The second kappa shape index (κ2) is 8.91. The molecule has 0 spiro atoms. The lowest BCUT2D eigenvalue weighted by Crippen LogP contribution is -2.47. The zero-order valence-electron chi connectivity index (χ0n) is 16.7. The van der Waals surface area contributed by atoms with Gasteiger partial charge in [-0.3, -0.25) is 4.79 Å². The molecular formula is C23H40O2. The molecule has 0 aliphatic heterocycles. The molecule has 0 aromatic heterocycles. The number of unbranched alkanes of at least 4 members (excludes halogenated alkanes) is 2. The Kier molecular flexibility index (Phi) is 6.86. The van der Waals surface area contributed by atoms with Crippen LogP contribution in [0.2, 0.25) is 0 Å². The van der Waals surface area contributed by atoms with Gasteiger partial charge in [-0.1, -0.05) is 45.4 Å². The molecule has 0 aromatic rings. The van der Waals surface area contributed by atoms with E-state index in [9.17, 15) is 4.79 Å². The largest absolute Gasteiger partial charge is 0.469 e. The summed E-state index contributed by atoms with van der Waals surface area (Å²) in [5.41, 5.74) is 0.661. The lowest BCUT2D eigenvalue weighted by atomic mass is 9.49. The highest BCUT2D eigenvalue weighted by Gasteiger charge is 2.50. The van der Waals surface area contributed by atoms with Crippen LogP contribution < -0.4 is 0 Å². The average Bonchev–Trinajstić information content (AvgIpc) is 2.67. The van der Waals surface area contributed by atoms with Crippen molar-refractivity contribution in [3.63, 3.8) is 0 Å². The summed E-state index contributed by atoms with van der Waals surface area (Å²) in [6.07, 6.45) is 20.8. The first-order valence-electron chi connectivity index (χ1n) is 11.3. The van der Waals surface area contributed by atoms with Crippen LogP contribution in [0.15, 0.2) is 0 Å². The minimum atomic E-state index is 0.0373. The van der Waals surface area contributed by atoms with Crippen molar-refractivity contribution in [1.82, 2.24) is 0 Å². The predicted octanol–water partition coefficient (Wildman–Crippen LogP) is 6.52. The summed E-state index contributed by atoms with van der Waals surface area (Å²) >= 11 is 0. The molecule has 144 valence electrons. The monoisotopic (exact) mass is 348 g/mol. The molecule has 3 rings (SSSR count). The zero-order valence-corrected chi connectivity index (χ0v) is 16.7. The normalized spacial score (nSPS) is 38.8. The Bertz CT molecular complexity index is 422. The van der Waals surface area contributed by atoms with Gasteiger partial charge in [0.2, 0.25) is 0 Å². The van der Waals surface area contributed by atoms with E-state index in [1.807, 2.05) is 0 Å². The number of rotatable bonds is 6. The third-order valence-electron chi connectivity index (χ3n) is 8.19. The molecule has 2 heteroatoms. The predicted molar refractivity (Wildman–Crippen MR) is 103 cm³/mol. The van der Waals surface area contributed by atoms with E-state index in [2.05, 4.69) is 6.92 Å². The summed E-state index contributed by atoms with van der Waals surface area (Å²) in [5, 5.41) is 0. The fourth-order valence-electron chi connectivity index (χ4n) is 6.98. The molecule has 2 nitrogen and oxygen atoms in total. The molecular weight excluding hydrogens is 308 g/mol. The lowest BCUT2D eigenvalue weighted by Gasteiger charge is -2.56. The van der Waals surface area contributed by atoms with Crippen molar-refractivity contribution in [2.24, 2.45) is 29.1 Å². The van der Waals surface area contributed by atoms with Crippen LogP contribution in [0.1, 0.15) is 103 Å². The van der Waals surface area contributed by atoms with Gasteiger partial charge in [-0.25, -0.2) is 0 Å². The minimum Gasteiger partial charge on any atom is -0.469 e. The third-order valence-corrected chi connectivity index (χ3v) is 8.19. The van der Waals surface area contributed by atoms with Crippen molar-refractivity contribution < 1.29 is 9.53 Å². The Morgan fingerprint density at radius 2 is 1.72 bits per heavy atom. The van der Waals surface area contributed by atoms with E-state index in [0.717, 1.165) is 30.6 Å². The van der Waals surface area contributed by atoms with Gasteiger partial charge in [-0.15, -0.1) is 0 Å². The molecule has 0 saturated heterocycles. The van der Waals surface area contributed by atoms with Crippen LogP contribution in [0.5, 0.6) is 0 Å². The van der Waals surface area contributed by atoms with E-state index in [0.29, 0.717) is 5.41 Å². The highest BCUT2D eigenvalue weighted by atomic mass is 16.5. The van der Waals surface area contributed by atoms with Crippen LogP contribution in [-0.4, -0.2) is 13.1 Å². The molecule has 0 amide bonds. The summed E-state index contributed by atoms with van der Waals surface area (Å²) in [6.45, 7) is 2.34. The molecule has 3 atom stereocenters.